The molecule has 29 heavy (non-hydrogen) atoms. The fourth-order valence-electron chi connectivity index (χ4n) is 3.47. The summed E-state index contributed by atoms with van der Waals surface area (Å²) in [6.07, 6.45) is -4.40. The summed E-state index contributed by atoms with van der Waals surface area (Å²) in [5, 5.41) is 2.13. The van der Waals surface area contributed by atoms with Crippen molar-refractivity contribution in [2.45, 2.75) is 12.2 Å². The lowest BCUT2D eigenvalue weighted by atomic mass is 10.0. The summed E-state index contributed by atoms with van der Waals surface area (Å²) in [6, 6.07) is 12.5. The summed E-state index contributed by atoms with van der Waals surface area (Å²) < 4.78 is 38.9. The standard InChI is InChI=1S/C20H21F3N4O2/c21-20(22,23)15-7-4-8-16(13-15)26-9-11-27(12-10-26)17(18(28)25-19(24)29)14-5-2-1-3-6-14/h1-8,13,17H,9-12H2,(H3,24,25,28,29). The molecule has 9 heteroatoms. The zero-order valence-electron chi connectivity index (χ0n) is 15.5. The minimum absolute atomic E-state index is 0.433. The third kappa shape index (κ3) is 5.05. The fraction of sp³-hybridized carbons (Fsp3) is 0.300. The quantitative estimate of drug-likeness (QED) is 0.819. The molecule has 1 saturated heterocycles. The van der Waals surface area contributed by atoms with Crippen LogP contribution < -0.4 is 16.0 Å². The van der Waals surface area contributed by atoms with E-state index >= 15 is 0 Å². The Morgan fingerprint density at radius 1 is 0.966 bits per heavy atom. The molecule has 0 bridgehead atoms. The first kappa shape index (κ1) is 20.7. The summed E-state index contributed by atoms with van der Waals surface area (Å²) >= 11 is 0. The van der Waals surface area contributed by atoms with E-state index in [4.69, 9.17) is 5.73 Å². The van der Waals surface area contributed by atoms with E-state index < -0.39 is 29.7 Å². The van der Waals surface area contributed by atoms with Gasteiger partial charge in [0.25, 0.3) is 0 Å². The Balaban J connectivity index is 1.75. The smallest absolute Gasteiger partial charge is 0.369 e. The van der Waals surface area contributed by atoms with Crippen LogP contribution in [0.5, 0.6) is 0 Å². The lowest BCUT2D eigenvalue weighted by Crippen LogP contribution is -2.52. The third-order valence-electron chi connectivity index (χ3n) is 4.83. The number of alkyl halides is 3. The SMILES string of the molecule is NC(=O)NC(=O)C(c1ccccc1)N1CCN(c2cccc(C(F)(F)F)c2)CC1. The summed E-state index contributed by atoms with van der Waals surface area (Å²) in [5.41, 5.74) is 5.59. The van der Waals surface area contributed by atoms with Gasteiger partial charge in [-0.15, -0.1) is 0 Å². The molecule has 1 heterocycles. The first-order chi connectivity index (χ1) is 13.8. The Kier molecular flexibility index (Phi) is 6.07. The Morgan fingerprint density at radius 3 is 2.21 bits per heavy atom. The second-order valence-corrected chi connectivity index (χ2v) is 6.74. The highest BCUT2D eigenvalue weighted by Crippen LogP contribution is 2.32. The summed E-state index contributed by atoms with van der Waals surface area (Å²) in [7, 11) is 0. The Hall–Kier alpha value is -3.07. The molecular formula is C20H21F3N4O2. The lowest BCUT2D eigenvalue weighted by molar-refractivity contribution is -0.137. The highest BCUT2D eigenvalue weighted by Gasteiger charge is 2.33. The van der Waals surface area contributed by atoms with Crippen LogP contribution in [0, 0.1) is 0 Å². The number of hydrogen-bond acceptors (Lipinski definition) is 4. The summed E-state index contributed by atoms with van der Waals surface area (Å²) in [4.78, 5) is 27.5. The molecule has 2 aromatic carbocycles. The van der Waals surface area contributed by atoms with Crippen LogP contribution in [0.1, 0.15) is 17.2 Å². The van der Waals surface area contributed by atoms with E-state index in [2.05, 4.69) is 5.32 Å². The Labute approximate surface area is 166 Å². The molecular weight excluding hydrogens is 385 g/mol. The maximum absolute atomic E-state index is 13.0. The van der Waals surface area contributed by atoms with Gasteiger partial charge < -0.3 is 10.6 Å². The third-order valence-corrected chi connectivity index (χ3v) is 4.83. The monoisotopic (exact) mass is 406 g/mol. The first-order valence-corrected chi connectivity index (χ1v) is 9.07. The molecule has 3 amide bonds. The summed E-state index contributed by atoms with van der Waals surface area (Å²) in [6.45, 7) is 1.74. The molecule has 1 aliphatic rings. The average molecular weight is 406 g/mol. The number of urea groups is 1. The number of carbonyl (C=O) groups is 2. The molecule has 1 atom stereocenters. The average Bonchev–Trinajstić information content (AvgIpc) is 2.68. The van der Waals surface area contributed by atoms with Gasteiger partial charge in [0, 0.05) is 31.9 Å². The van der Waals surface area contributed by atoms with Crippen LogP contribution in [-0.4, -0.2) is 43.0 Å². The number of nitrogens with zero attached hydrogens (tertiary/aromatic N) is 2. The highest BCUT2D eigenvalue weighted by molar-refractivity contribution is 5.96. The number of amides is 3. The van der Waals surface area contributed by atoms with Crippen molar-refractivity contribution >= 4 is 17.6 Å². The van der Waals surface area contributed by atoms with E-state index in [1.807, 2.05) is 15.9 Å². The van der Waals surface area contributed by atoms with Gasteiger partial charge >= 0.3 is 12.2 Å². The largest absolute Gasteiger partial charge is 0.416 e. The van der Waals surface area contributed by atoms with E-state index in [-0.39, 0.29) is 0 Å². The van der Waals surface area contributed by atoms with Crippen molar-refractivity contribution in [3.8, 4) is 0 Å². The second kappa shape index (κ2) is 8.52. The zero-order chi connectivity index (χ0) is 21.0. The maximum atomic E-state index is 13.0. The fourth-order valence-corrected chi connectivity index (χ4v) is 3.47. The molecule has 3 rings (SSSR count). The zero-order valence-corrected chi connectivity index (χ0v) is 15.5. The molecule has 154 valence electrons. The second-order valence-electron chi connectivity index (χ2n) is 6.74. The van der Waals surface area contributed by atoms with Gasteiger partial charge in [0.15, 0.2) is 0 Å². The maximum Gasteiger partial charge on any atom is 0.416 e. The molecule has 0 radical (unpaired) electrons. The number of primary amides is 1. The molecule has 0 spiro atoms. The molecule has 2 aromatic rings. The van der Waals surface area contributed by atoms with Crippen molar-refractivity contribution < 1.29 is 22.8 Å². The Bertz CT molecular complexity index is 866. The molecule has 1 fully saturated rings. The number of halogens is 3. The molecule has 1 aliphatic heterocycles. The van der Waals surface area contributed by atoms with Gasteiger partial charge in [0.05, 0.1) is 5.56 Å². The van der Waals surface area contributed by atoms with Crippen LogP contribution in [0.25, 0.3) is 0 Å². The predicted molar refractivity (Wildman–Crippen MR) is 102 cm³/mol. The van der Waals surface area contributed by atoms with Crippen molar-refractivity contribution in [3.05, 3.63) is 65.7 Å². The van der Waals surface area contributed by atoms with Gasteiger partial charge in [-0.1, -0.05) is 36.4 Å². The van der Waals surface area contributed by atoms with E-state index in [1.54, 1.807) is 30.3 Å². The van der Waals surface area contributed by atoms with Crippen LogP contribution >= 0.6 is 0 Å². The van der Waals surface area contributed by atoms with Crippen molar-refractivity contribution in [1.82, 2.24) is 10.2 Å². The van der Waals surface area contributed by atoms with Crippen LogP contribution in [0.4, 0.5) is 23.7 Å². The number of hydrogen-bond donors (Lipinski definition) is 2. The number of rotatable bonds is 4. The van der Waals surface area contributed by atoms with Gasteiger partial charge in [0.2, 0.25) is 5.91 Å². The van der Waals surface area contributed by atoms with E-state index in [0.717, 1.165) is 12.1 Å². The normalized spacial score (nSPS) is 16.3. The van der Waals surface area contributed by atoms with Crippen LogP contribution in [0.3, 0.4) is 0 Å². The molecule has 6 nitrogen and oxygen atoms in total. The molecule has 0 aromatic heterocycles. The molecule has 0 aliphatic carbocycles. The van der Waals surface area contributed by atoms with Gasteiger partial charge in [0.1, 0.15) is 6.04 Å². The van der Waals surface area contributed by atoms with Crippen LogP contribution in [0.15, 0.2) is 54.6 Å². The van der Waals surface area contributed by atoms with Gasteiger partial charge in [-0.05, 0) is 23.8 Å². The highest BCUT2D eigenvalue weighted by atomic mass is 19.4. The van der Waals surface area contributed by atoms with Crippen molar-refractivity contribution in [2.24, 2.45) is 5.73 Å². The number of benzene rings is 2. The van der Waals surface area contributed by atoms with Crippen molar-refractivity contribution in [1.29, 1.82) is 0 Å². The number of piperazine rings is 1. The van der Waals surface area contributed by atoms with E-state index in [1.165, 1.54) is 6.07 Å². The topological polar surface area (TPSA) is 78.7 Å². The summed E-state index contributed by atoms with van der Waals surface area (Å²) in [5.74, 6) is -0.531. The minimum Gasteiger partial charge on any atom is -0.369 e. The van der Waals surface area contributed by atoms with Crippen LogP contribution in [0.2, 0.25) is 0 Å². The molecule has 1 unspecified atom stereocenters. The van der Waals surface area contributed by atoms with E-state index in [0.29, 0.717) is 37.4 Å². The number of carbonyl (C=O) groups excluding carboxylic acids is 2. The van der Waals surface area contributed by atoms with E-state index in [9.17, 15) is 22.8 Å². The molecule has 3 N–H and O–H groups in total. The predicted octanol–water partition coefficient (Wildman–Crippen LogP) is 2.76. The van der Waals surface area contributed by atoms with Gasteiger partial charge in [-0.3, -0.25) is 15.0 Å². The van der Waals surface area contributed by atoms with Gasteiger partial charge in [-0.2, -0.15) is 13.2 Å². The van der Waals surface area contributed by atoms with Crippen molar-refractivity contribution in [2.75, 3.05) is 31.1 Å². The molecule has 0 saturated carbocycles. The van der Waals surface area contributed by atoms with Gasteiger partial charge in [-0.25, -0.2) is 4.79 Å². The Morgan fingerprint density at radius 2 is 1.62 bits per heavy atom. The number of imide groups is 1. The van der Waals surface area contributed by atoms with Crippen LogP contribution in [-0.2, 0) is 11.0 Å². The number of nitrogens with two attached hydrogens (primary N) is 1. The van der Waals surface area contributed by atoms with Crippen molar-refractivity contribution in [3.63, 3.8) is 0 Å². The number of anilines is 1. The first-order valence-electron chi connectivity index (χ1n) is 9.07. The minimum atomic E-state index is -4.40. The number of nitrogens with one attached hydrogen (secondary N) is 1. The lowest BCUT2D eigenvalue weighted by Gasteiger charge is -2.39.